The highest BCUT2D eigenvalue weighted by Crippen LogP contribution is 2.31. The van der Waals surface area contributed by atoms with Crippen LogP contribution in [0.3, 0.4) is 0 Å². The molecule has 0 amide bonds. The molecule has 0 saturated carbocycles. The minimum absolute atomic E-state index is 0.113. The summed E-state index contributed by atoms with van der Waals surface area (Å²) in [5.41, 5.74) is 0.980. The van der Waals surface area contributed by atoms with Gasteiger partial charge in [-0.05, 0) is 37.5 Å². The van der Waals surface area contributed by atoms with Crippen molar-refractivity contribution in [3.8, 4) is 5.75 Å². The predicted octanol–water partition coefficient (Wildman–Crippen LogP) is 2.62. The number of hydrogen-bond acceptors (Lipinski definition) is 4. The van der Waals surface area contributed by atoms with Gasteiger partial charge in [0, 0.05) is 13.1 Å². The summed E-state index contributed by atoms with van der Waals surface area (Å²) in [7, 11) is -2.10. The van der Waals surface area contributed by atoms with Crippen LogP contribution in [0.2, 0.25) is 0 Å². The van der Waals surface area contributed by atoms with E-state index in [4.69, 9.17) is 9.47 Å². The van der Waals surface area contributed by atoms with E-state index in [0.717, 1.165) is 5.56 Å². The van der Waals surface area contributed by atoms with E-state index in [-0.39, 0.29) is 23.0 Å². The zero-order chi connectivity index (χ0) is 16.5. The fourth-order valence-corrected chi connectivity index (χ4v) is 4.50. The topological polar surface area (TPSA) is 55.8 Å². The van der Waals surface area contributed by atoms with Crippen LogP contribution in [0.4, 0.5) is 0 Å². The highest BCUT2D eigenvalue weighted by atomic mass is 32.2. The molecule has 0 radical (unpaired) electrons. The van der Waals surface area contributed by atoms with Crippen LogP contribution in [0.15, 0.2) is 23.1 Å². The van der Waals surface area contributed by atoms with E-state index in [0.29, 0.717) is 18.8 Å². The third-order valence-electron chi connectivity index (χ3n) is 3.86. The van der Waals surface area contributed by atoms with E-state index in [1.807, 2.05) is 33.8 Å². The van der Waals surface area contributed by atoms with E-state index in [2.05, 4.69) is 0 Å². The lowest BCUT2D eigenvalue weighted by Crippen LogP contribution is -2.48. The van der Waals surface area contributed by atoms with Gasteiger partial charge in [0.05, 0.1) is 19.3 Å². The minimum atomic E-state index is -3.60. The number of sulfonamides is 1. The molecule has 1 heterocycles. The molecular weight excluding hydrogens is 302 g/mol. The van der Waals surface area contributed by atoms with Gasteiger partial charge in [0.25, 0.3) is 0 Å². The maximum absolute atomic E-state index is 13.0. The highest BCUT2D eigenvalue weighted by Gasteiger charge is 2.34. The molecule has 2 rings (SSSR count). The normalized spacial score (nSPS) is 23.7. The van der Waals surface area contributed by atoms with Crippen molar-refractivity contribution in [2.75, 3.05) is 20.2 Å². The van der Waals surface area contributed by atoms with E-state index in [9.17, 15) is 8.42 Å². The number of rotatable bonds is 4. The Bertz CT molecular complexity index is 617. The molecule has 2 atom stereocenters. The number of morpholine rings is 1. The molecule has 124 valence electrons. The Labute approximate surface area is 133 Å². The van der Waals surface area contributed by atoms with E-state index >= 15 is 0 Å². The first-order valence-corrected chi connectivity index (χ1v) is 9.03. The molecule has 0 aliphatic carbocycles. The summed E-state index contributed by atoms with van der Waals surface area (Å²) in [4.78, 5) is 0.238. The van der Waals surface area contributed by atoms with Crippen molar-refractivity contribution in [3.63, 3.8) is 0 Å². The molecule has 1 aromatic carbocycles. The fraction of sp³-hybridized carbons (Fsp3) is 0.625. The van der Waals surface area contributed by atoms with Crippen LogP contribution in [0.1, 0.15) is 39.2 Å². The van der Waals surface area contributed by atoms with Gasteiger partial charge < -0.3 is 9.47 Å². The summed E-state index contributed by atoms with van der Waals surface area (Å²) in [6, 6.07) is 5.37. The molecule has 1 aromatic rings. The number of ether oxygens (including phenoxy) is 2. The molecule has 0 N–H and O–H groups in total. The Morgan fingerprint density at radius 1 is 1.23 bits per heavy atom. The van der Waals surface area contributed by atoms with Crippen molar-refractivity contribution in [2.24, 2.45) is 0 Å². The zero-order valence-corrected chi connectivity index (χ0v) is 14.7. The summed E-state index contributed by atoms with van der Waals surface area (Å²) in [6.07, 6.45) is -0.226. The van der Waals surface area contributed by atoms with Crippen molar-refractivity contribution in [3.05, 3.63) is 23.8 Å². The summed E-state index contributed by atoms with van der Waals surface area (Å²) in [5.74, 6) is 0.638. The zero-order valence-electron chi connectivity index (χ0n) is 13.9. The quantitative estimate of drug-likeness (QED) is 0.853. The molecule has 1 aliphatic rings. The van der Waals surface area contributed by atoms with Gasteiger partial charge >= 0.3 is 0 Å². The first-order chi connectivity index (χ1) is 10.3. The molecule has 2 unspecified atom stereocenters. The first-order valence-electron chi connectivity index (χ1n) is 7.59. The molecular formula is C16H25NO4S. The molecule has 0 aromatic heterocycles. The van der Waals surface area contributed by atoms with Gasteiger partial charge in [-0.3, -0.25) is 0 Å². The fourth-order valence-electron chi connectivity index (χ4n) is 2.72. The average molecular weight is 327 g/mol. The van der Waals surface area contributed by atoms with Crippen molar-refractivity contribution in [2.45, 2.75) is 50.7 Å². The Morgan fingerprint density at radius 2 is 1.82 bits per heavy atom. The second kappa shape index (κ2) is 6.56. The number of nitrogens with zero attached hydrogens (tertiary/aromatic N) is 1. The van der Waals surface area contributed by atoms with E-state index in [1.54, 1.807) is 12.1 Å². The lowest BCUT2D eigenvalue weighted by molar-refractivity contribution is -0.0441. The number of hydrogen-bond donors (Lipinski definition) is 0. The van der Waals surface area contributed by atoms with Crippen molar-refractivity contribution >= 4 is 10.0 Å². The van der Waals surface area contributed by atoms with Crippen molar-refractivity contribution in [1.29, 1.82) is 0 Å². The largest absolute Gasteiger partial charge is 0.495 e. The molecule has 1 saturated heterocycles. The first kappa shape index (κ1) is 17.2. The molecule has 0 spiro atoms. The van der Waals surface area contributed by atoms with Crippen LogP contribution >= 0.6 is 0 Å². The van der Waals surface area contributed by atoms with Gasteiger partial charge in [-0.1, -0.05) is 19.9 Å². The molecule has 6 heteroatoms. The molecule has 5 nitrogen and oxygen atoms in total. The van der Waals surface area contributed by atoms with Crippen LogP contribution in [0.5, 0.6) is 5.75 Å². The summed E-state index contributed by atoms with van der Waals surface area (Å²) in [5, 5.41) is 0. The lowest BCUT2D eigenvalue weighted by atomic mass is 10.0. The van der Waals surface area contributed by atoms with E-state index < -0.39 is 10.0 Å². The Hall–Kier alpha value is -1.11. The Balaban J connectivity index is 2.45. The van der Waals surface area contributed by atoms with Gasteiger partial charge in [0.1, 0.15) is 10.6 Å². The highest BCUT2D eigenvalue weighted by molar-refractivity contribution is 7.89. The van der Waals surface area contributed by atoms with Crippen LogP contribution < -0.4 is 4.74 Å². The molecule has 22 heavy (non-hydrogen) atoms. The summed E-state index contributed by atoms with van der Waals surface area (Å²) in [6.45, 7) is 8.58. The van der Waals surface area contributed by atoms with Gasteiger partial charge in [-0.25, -0.2) is 8.42 Å². The maximum Gasteiger partial charge on any atom is 0.246 e. The van der Waals surface area contributed by atoms with Crippen molar-refractivity contribution in [1.82, 2.24) is 4.31 Å². The molecule has 1 aliphatic heterocycles. The minimum Gasteiger partial charge on any atom is -0.495 e. The van der Waals surface area contributed by atoms with Gasteiger partial charge in [0.2, 0.25) is 10.0 Å². The smallest absolute Gasteiger partial charge is 0.246 e. The number of methoxy groups -OCH3 is 1. The SMILES string of the molecule is COc1ccc(C(C)C)cc1S(=O)(=O)N1CC(C)OC(C)C1. The van der Waals surface area contributed by atoms with E-state index in [1.165, 1.54) is 11.4 Å². The van der Waals surface area contributed by atoms with Crippen molar-refractivity contribution < 1.29 is 17.9 Å². The third kappa shape index (κ3) is 3.45. The van der Waals surface area contributed by atoms with Crippen LogP contribution in [0, 0.1) is 0 Å². The summed E-state index contributed by atoms with van der Waals surface area (Å²) < 4.78 is 38.4. The van der Waals surface area contributed by atoms with Crippen LogP contribution in [0.25, 0.3) is 0 Å². The Kier molecular flexibility index (Phi) is 5.14. The molecule has 0 bridgehead atoms. The number of benzene rings is 1. The summed E-state index contributed by atoms with van der Waals surface area (Å²) >= 11 is 0. The Morgan fingerprint density at radius 3 is 2.32 bits per heavy atom. The van der Waals surface area contributed by atoms with Crippen LogP contribution in [-0.4, -0.2) is 45.1 Å². The molecule has 1 fully saturated rings. The predicted molar refractivity (Wildman–Crippen MR) is 85.9 cm³/mol. The van der Waals surface area contributed by atoms with Crippen LogP contribution in [-0.2, 0) is 14.8 Å². The van der Waals surface area contributed by atoms with Gasteiger partial charge in [-0.2, -0.15) is 4.31 Å². The van der Waals surface area contributed by atoms with Gasteiger partial charge in [0.15, 0.2) is 0 Å². The standard InChI is InChI=1S/C16H25NO4S/c1-11(2)14-6-7-15(20-5)16(8-14)22(18,19)17-9-12(3)21-13(4)10-17/h6-8,11-13H,9-10H2,1-5H3. The third-order valence-corrected chi connectivity index (χ3v) is 5.71. The average Bonchev–Trinajstić information content (AvgIpc) is 2.45. The lowest BCUT2D eigenvalue weighted by Gasteiger charge is -2.34. The maximum atomic E-state index is 13.0. The van der Waals surface area contributed by atoms with Gasteiger partial charge in [-0.15, -0.1) is 0 Å². The second-order valence-electron chi connectivity index (χ2n) is 6.14. The second-order valence-corrected chi connectivity index (χ2v) is 8.05. The monoisotopic (exact) mass is 327 g/mol.